The Balaban J connectivity index is 1.19. The van der Waals surface area contributed by atoms with E-state index in [0.29, 0.717) is 0 Å². The minimum absolute atomic E-state index is 0.0306. The third kappa shape index (κ3) is 3.86. The van der Waals surface area contributed by atoms with Gasteiger partial charge in [0.2, 0.25) is 5.12 Å². The molecule has 0 bridgehead atoms. The van der Waals surface area contributed by atoms with E-state index in [-0.39, 0.29) is 17.0 Å². The summed E-state index contributed by atoms with van der Waals surface area (Å²) in [5.74, 6) is -0.239. The third-order valence-corrected chi connectivity index (χ3v) is 7.12. The predicted molar refractivity (Wildman–Crippen MR) is 118 cm³/mol. The maximum absolute atomic E-state index is 13.3. The quantitative estimate of drug-likeness (QED) is 0.634. The van der Waals surface area contributed by atoms with Gasteiger partial charge in [-0.05, 0) is 66.9 Å². The van der Waals surface area contributed by atoms with Crippen molar-refractivity contribution in [3.05, 3.63) is 53.8 Å². The molecule has 0 unspecified atom stereocenters. The summed E-state index contributed by atoms with van der Waals surface area (Å²) in [6.45, 7) is 1.67. The number of amidine groups is 1. The average Bonchev–Trinajstić information content (AvgIpc) is 3.41. The highest BCUT2D eigenvalue weighted by atomic mass is 32.2. The van der Waals surface area contributed by atoms with Crippen LogP contribution in [0.3, 0.4) is 0 Å². The van der Waals surface area contributed by atoms with Crippen LogP contribution in [0.25, 0.3) is 10.2 Å². The number of benzene rings is 2. The summed E-state index contributed by atoms with van der Waals surface area (Å²) < 4.78 is 14.1. The van der Waals surface area contributed by atoms with E-state index in [2.05, 4.69) is 32.3 Å². The van der Waals surface area contributed by atoms with E-state index >= 15 is 0 Å². The lowest BCUT2D eigenvalue weighted by Gasteiger charge is -2.14. The van der Waals surface area contributed by atoms with E-state index in [9.17, 15) is 9.18 Å². The van der Waals surface area contributed by atoms with Gasteiger partial charge in [0.25, 0.3) is 0 Å². The highest BCUT2D eigenvalue weighted by Gasteiger charge is 2.40. The molecule has 5 rings (SSSR count). The van der Waals surface area contributed by atoms with Crippen molar-refractivity contribution in [2.75, 3.05) is 18.4 Å². The zero-order valence-electron chi connectivity index (χ0n) is 15.6. The summed E-state index contributed by atoms with van der Waals surface area (Å²) in [5.41, 5.74) is 2.88. The number of fused-ring (bicyclic) bond motifs is 2. The third-order valence-electron chi connectivity index (χ3n) is 5.16. The first-order chi connectivity index (χ1) is 14.2. The second-order valence-corrected chi connectivity index (χ2v) is 9.14. The number of aliphatic imine (C=N–C) groups is 1. The highest BCUT2D eigenvalue weighted by molar-refractivity contribution is 8.26. The molecule has 1 atom stereocenters. The lowest BCUT2D eigenvalue weighted by Crippen LogP contribution is -2.28. The number of thioether (sulfide) groups is 1. The predicted octanol–water partition coefficient (Wildman–Crippen LogP) is 4.82. The second-order valence-electron chi connectivity index (χ2n) is 7.14. The van der Waals surface area contributed by atoms with Crippen molar-refractivity contribution in [3.63, 3.8) is 0 Å². The number of carbonyl (C=O) groups excluding carboxylic acids is 1. The Morgan fingerprint density at radius 3 is 2.97 bits per heavy atom. The number of thiazole rings is 1. The summed E-state index contributed by atoms with van der Waals surface area (Å²) in [6.07, 6.45) is 2.86. The van der Waals surface area contributed by atoms with Crippen molar-refractivity contribution >= 4 is 54.4 Å². The van der Waals surface area contributed by atoms with E-state index < -0.39 is 0 Å². The smallest absolute Gasteiger partial charge is 0.219 e. The number of nitrogens with one attached hydrogen (secondary N) is 1. The Hall–Kier alpha value is -2.45. The first-order valence-corrected chi connectivity index (χ1v) is 11.2. The van der Waals surface area contributed by atoms with Crippen molar-refractivity contribution in [1.29, 1.82) is 0 Å². The molecule has 0 saturated carbocycles. The summed E-state index contributed by atoms with van der Waals surface area (Å²) in [6, 6.07) is 12.8. The summed E-state index contributed by atoms with van der Waals surface area (Å²) in [5, 5.41) is 5.17. The van der Waals surface area contributed by atoms with Crippen molar-refractivity contribution in [2.45, 2.75) is 25.3 Å². The molecular formula is C21H19FN4OS2. The van der Waals surface area contributed by atoms with Crippen LogP contribution in [0, 0.1) is 5.82 Å². The van der Waals surface area contributed by atoms with Gasteiger partial charge in [-0.25, -0.2) is 14.4 Å². The Morgan fingerprint density at radius 2 is 2.10 bits per heavy atom. The van der Waals surface area contributed by atoms with E-state index in [1.807, 2.05) is 12.1 Å². The van der Waals surface area contributed by atoms with Crippen LogP contribution in [0.15, 0.2) is 47.5 Å². The number of aromatic nitrogens is 1. The van der Waals surface area contributed by atoms with E-state index in [4.69, 9.17) is 0 Å². The minimum atomic E-state index is -0.239. The van der Waals surface area contributed by atoms with Crippen LogP contribution in [-0.2, 0) is 11.2 Å². The maximum atomic E-state index is 13.3. The topological polar surface area (TPSA) is 57.6 Å². The fourth-order valence-electron chi connectivity index (χ4n) is 3.68. The van der Waals surface area contributed by atoms with Crippen LogP contribution < -0.4 is 5.32 Å². The molecule has 2 aromatic carbocycles. The Morgan fingerprint density at radius 1 is 1.24 bits per heavy atom. The summed E-state index contributed by atoms with van der Waals surface area (Å²) in [7, 11) is 0. The van der Waals surface area contributed by atoms with Gasteiger partial charge in [-0.1, -0.05) is 23.5 Å². The molecule has 0 aliphatic carbocycles. The molecule has 0 spiro atoms. The van der Waals surface area contributed by atoms with Crippen LogP contribution in [-0.4, -0.2) is 39.3 Å². The molecule has 1 N–H and O–H groups in total. The van der Waals surface area contributed by atoms with Crippen molar-refractivity contribution in [3.8, 4) is 0 Å². The second kappa shape index (κ2) is 7.76. The number of nitrogens with zero attached hydrogens (tertiary/aromatic N) is 3. The molecule has 2 aliphatic heterocycles. The lowest BCUT2D eigenvalue weighted by molar-refractivity contribution is -0.113. The van der Waals surface area contributed by atoms with Crippen LogP contribution in [0.1, 0.15) is 18.4 Å². The number of hydrogen-bond acceptors (Lipinski definition) is 6. The maximum Gasteiger partial charge on any atom is 0.219 e. The standard InChI is InChI=1S/C21H19FN4OS2/c22-14-5-8-16-18(12-14)28-20(25-16)23-10-9-13-3-6-15(7-4-13)24-21-26-11-1-2-17(26)19(27)29-21/h3-8,12,17H,1-2,9-11H2,(H,23,25)/b24-21-/t17-/m0/s1. The molecule has 2 aliphatic rings. The van der Waals surface area contributed by atoms with Crippen LogP contribution >= 0.6 is 23.1 Å². The summed E-state index contributed by atoms with van der Waals surface area (Å²) >= 11 is 2.73. The van der Waals surface area contributed by atoms with E-state index in [0.717, 1.165) is 58.6 Å². The number of anilines is 1. The molecule has 0 radical (unpaired) electrons. The molecule has 29 heavy (non-hydrogen) atoms. The molecule has 3 aromatic rings. The molecule has 0 amide bonds. The van der Waals surface area contributed by atoms with Gasteiger partial charge in [0.1, 0.15) is 11.9 Å². The molecule has 148 valence electrons. The van der Waals surface area contributed by atoms with Crippen molar-refractivity contribution in [2.24, 2.45) is 4.99 Å². The molecular weight excluding hydrogens is 407 g/mol. The van der Waals surface area contributed by atoms with Gasteiger partial charge in [-0.2, -0.15) is 0 Å². The molecule has 5 nitrogen and oxygen atoms in total. The van der Waals surface area contributed by atoms with Gasteiger partial charge < -0.3 is 10.2 Å². The van der Waals surface area contributed by atoms with Gasteiger partial charge in [0.15, 0.2) is 10.3 Å². The first kappa shape index (κ1) is 18.6. The largest absolute Gasteiger partial charge is 0.361 e. The zero-order valence-corrected chi connectivity index (χ0v) is 17.2. The van der Waals surface area contributed by atoms with Gasteiger partial charge in [-0.15, -0.1) is 0 Å². The lowest BCUT2D eigenvalue weighted by atomic mass is 10.1. The van der Waals surface area contributed by atoms with Gasteiger partial charge in [-0.3, -0.25) is 4.79 Å². The highest BCUT2D eigenvalue weighted by Crippen LogP contribution is 2.34. The monoisotopic (exact) mass is 426 g/mol. The Bertz CT molecular complexity index is 1100. The molecule has 1 aromatic heterocycles. The SMILES string of the molecule is O=C1S/C(=N\c2ccc(CCNc3nc4ccc(F)cc4s3)cc2)N2CCC[C@@H]12. The summed E-state index contributed by atoms with van der Waals surface area (Å²) in [4.78, 5) is 23.3. The van der Waals surface area contributed by atoms with Gasteiger partial charge >= 0.3 is 0 Å². The van der Waals surface area contributed by atoms with Crippen LogP contribution in [0.4, 0.5) is 15.2 Å². The first-order valence-electron chi connectivity index (χ1n) is 9.62. The number of rotatable bonds is 5. The van der Waals surface area contributed by atoms with Crippen LogP contribution in [0.2, 0.25) is 0 Å². The number of hydrogen-bond donors (Lipinski definition) is 1. The van der Waals surface area contributed by atoms with Gasteiger partial charge in [0, 0.05) is 13.1 Å². The molecule has 2 fully saturated rings. The fourth-order valence-corrected chi connectivity index (χ4v) is 5.64. The molecule has 3 heterocycles. The van der Waals surface area contributed by atoms with Crippen molar-refractivity contribution < 1.29 is 9.18 Å². The molecule has 2 saturated heterocycles. The number of halogens is 1. The van der Waals surface area contributed by atoms with E-state index in [1.54, 1.807) is 6.07 Å². The normalized spacial score (nSPS) is 20.0. The molecule has 8 heteroatoms. The fraction of sp³-hybridized carbons (Fsp3) is 0.286. The Labute approximate surface area is 176 Å². The van der Waals surface area contributed by atoms with E-state index in [1.165, 1.54) is 40.8 Å². The van der Waals surface area contributed by atoms with Crippen LogP contribution in [0.5, 0.6) is 0 Å². The number of carbonyl (C=O) groups is 1. The van der Waals surface area contributed by atoms with Gasteiger partial charge in [0.05, 0.1) is 15.9 Å². The minimum Gasteiger partial charge on any atom is -0.361 e. The zero-order chi connectivity index (χ0) is 19.8. The Kier molecular flexibility index (Phi) is 4.97. The van der Waals surface area contributed by atoms with Crippen molar-refractivity contribution in [1.82, 2.24) is 9.88 Å². The average molecular weight is 427 g/mol.